The van der Waals surface area contributed by atoms with Gasteiger partial charge in [0.2, 0.25) is 10.0 Å². The van der Waals surface area contributed by atoms with Gasteiger partial charge in [-0.05, 0) is 37.1 Å². The van der Waals surface area contributed by atoms with Gasteiger partial charge in [0.1, 0.15) is 5.82 Å². The first kappa shape index (κ1) is 15.4. The lowest BCUT2D eigenvalue weighted by Gasteiger charge is -2.09. The zero-order valence-corrected chi connectivity index (χ0v) is 12.8. The monoisotopic (exact) mass is 306 g/mol. The predicted octanol–water partition coefficient (Wildman–Crippen LogP) is 1.70. The van der Waals surface area contributed by atoms with Crippen LogP contribution in [0.15, 0.2) is 41.7 Å². The number of pyridine rings is 2. The zero-order valence-electron chi connectivity index (χ0n) is 12.0. The van der Waals surface area contributed by atoms with Crippen molar-refractivity contribution in [1.82, 2.24) is 14.7 Å². The fourth-order valence-corrected chi connectivity index (χ4v) is 2.81. The second-order valence-electron chi connectivity index (χ2n) is 4.53. The van der Waals surface area contributed by atoms with Gasteiger partial charge in [0.05, 0.1) is 4.90 Å². The van der Waals surface area contributed by atoms with E-state index in [2.05, 4.69) is 20.0 Å². The van der Waals surface area contributed by atoms with Gasteiger partial charge in [-0.15, -0.1) is 0 Å². The highest BCUT2D eigenvalue weighted by Crippen LogP contribution is 2.13. The molecule has 0 aromatic carbocycles. The molecule has 0 saturated carbocycles. The Kier molecular flexibility index (Phi) is 4.87. The smallest absolute Gasteiger partial charge is 0.241 e. The third-order valence-electron chi connectivity index (χ3n) is 3.00. The van der Waals surface area contributed by atoms with E-state index < -0.39 is 10.0 Å². The van der Waals surface area contributed by atoms with Gasteiger partial charge >= 0.3 is 0 Å². The minimum atomic E-state index is -3.57. The van der Waals surface area contributed by atoms with Crippen LogP contribution < -0.4 is 10.0 Å². The van der Waals surface area contributed by atoms with Gasteiger partial charge in [-0.1, -0.05) is 0 Å². The lowest BCUT2D eigenvalue weighted by atomic mass is 10.2. The van der Waals surface area contributed by atoms with E-state index in [1.54, 1.807) is 12.4 Å². The molecule has 112 valence electrons. The number of sulfonamides is 1. The molecular formula is C14H18N4O2S. The molecule has 0 saturated heterocycles. The second-order valence-corrected chi connectivity index (χ2v) is 6.30. The molecule has 0 bridgehead atoms. The largest absolute Gasteiger partial charge is 0.370 e. The molecule has 0 aliphatic rings. The maximum absolute atomic E-state index is 12.3. The third kappa shape index (κ3) is 3.99. The molecule has 0 unspecified atom stereocenters. The van der Waals surface area contributed by atoms with E-state index in [4.69, 9.17) is 0 Å². The first-order valence-electron chi connectivity index (χ1n) is 6.62. The molecule has 21 heavy (non-hydrogen) atoms. The van der Waals surface area contributed by atoms with Crippen molar-refractivity contribution in [2.24, 2.45) is 0 Å². The van der Waals surface area contributed by atoms with Crippen LogP contribution in [0.1, 0.15) is 18.1 Å². The highest BCUT2D eigenvalue weighted by atomic mass is 32.2. The number of nitrogens with zero attached hydrogens (tertiary/aromatic N) is 2. The molecule has 2 aromatic rings. The average molecular weight is 306 g/mol. The first-order valence-corrected chi connectivity index (χ1v) is 8.10. The molecule has 0 aliphatic heterocycles. The van der Waals surface area contributed by atoms with E-state index in [0.717, 1.165) is 11.1 Å². The van der Waals surface area contributed by atoms with Crippen molar-refractivity contribution in [3.63, 3.8) is 0 Å². The lowest BCUT2D eigenvalue weighted by molar-refractivity contribution is 0.581. The van der Waals surface area contributed by atoms with E-state index >= 15 is 0 Å². The first-order chi connectivity index (χ1) is 10.0. The Labute approximate surface area is 124 Å². The van der Waals surface area contributed by atoms with Gasteiger partial charge in [0.15, 0.2) is 0 Å². The van der Waals surface area contributed by atoms with Crippen LogP contribution >= 0.6 is 0 Å². The van der Waals surface area contributed by atoms with Crippen LogP contribution in [0.3, 0.4) is 0 Å². The average Bonchev–Trinajstić information content (AvgIpc) is 2.47. The van der Waals surface area contributed by atoms with Crippen LogP contribution in [-0.2, 0) is 16.6 Å². The summed E-state index contributed by atoms with van der Waals surface area (Å²) in [5.41, 5.74) is 1.85. The van der Waals surface area contributed by atoms with Gasteiger partial charge in [0.25, 0.3) is 0 Å². The van der Waals surface area contributed by atoms with E-state index in [1.807, 2.05) is 19.9 Å². The van der Waals surface area contributed by atoms with Crippen molar-refractivity contribution in [2.45, 2.75) is 25.3 Å². The van der Waals surface area contributed by atoms with Crippen LogP contribution in [-0.4, -0.2) is 24.9 Å². The minimum absolute atomic E-state index is 0.190. The number of hydrogen-bond acceptors (Lipinski definition) is 5. The number of aryl methyl sites for hydroxylation is 1. The van der Waals surface area contributed by atoms with Crippen LogP contribution in [0.25, 0.3) is 0 Å². The van der Waals surface area contributed by atoms with Gasteiger partial charge in [-0.25, -0.2) is 18.1 Å². The summed E-state index contributed by atoms with van der Waals surface area (Å²) in [5, 5.41) is 2.99. The molecule has 2 N–H and O–H groups in total. The van der Waals surface area contributed by atoms with Crippen molar-refractivity contribution in [1.29, 1.82) is 0 Å². The molecule has 0 aliphatic carbocycles. The molecular weight excluding hydrogens is 288 g/mol. The second kappa shape index (κ2) is 6.64. The van der Waals surface area contributed by atoms with E-state index in [-0.39, 0.29) is 11.4 Å². The van der Waals surface area contributed by atoms with Crippen LogP contribution in [0.4, 0.5) is 5.82 Å². The Hall–Kier alpha value is -1.99. The molecule has 0 radical (unpaired) electrons. The summed E-state index contributed by atoms with van der Waals surface area (Å²) >= 11 is 0. The summed E-state index contributed by atoms with van der Waals surface area (Å²) in [6, 6.07) is 4.83. The number of aromatic nitrogens is 2. The molecule has 0 fully saturated rings. The normalized spacial score (nSPS) is 11.3. The van der Waals surface area contributed by atoms with Crippen molar-refractivity contribution in [3.05, 3.63) is 47.9 Å². The van der Waals surface area contributed by atoms with Gasteiger partial charge in [-0.3, -0.25) is 4.98 Å². The van der Waals surface area contributed by atoms with Gasteiger partial charge in [-0.2, -0.15) is 0 Å². The quantitative estimate of drug-likeness (QED) is 0.848. The SMILES string of the molecule is CCNc1cc(S(=O)(=O)NCc2cnccc2C)ccn1. The Morgan fingerprint density at radius 2 is 2.05 bits per heavy atom. The standard InChI is InChI=1S/C14H18N4O2S/c1-3-16-14-8-13(5-7-17-14)21(19,20)18-10-12-9-15-6-4-11(12)2/h4-9,18H,3,10H2,1-2H3,(H,16,17). The highest BCUT2D eigenvalue weighted by molar-refractivity contribution is 7.89. The van der Waals surface area contributed by atoms with Crippen molar-refractivity contribution < 1.29 is 8.42 Å². The molecule has 2 heterocycles. The topological polar surface area (TPSA) is 84.0 Å². The number of rotatable bonds is 6. The van der Waals surface area contributed by atoms with Crippen molar-refractivity contribution in [3.8, 4) is 0 Å². The van der Waals surface area contributed by atoms with Gasteiger partial charge < -0.3 is 5.32 Å². The summed E-state index contributed by atoms with van der Waals surface area (Å²) in [6.45, 7) is 4.73. The predicted molar refractivity (Wildman–Crippen MR) is 81.4 cm³/mol. The molecule has 0 spiro atoms. The zero-order chi connectivity index (χ0) is 15.3. The fraction of sp³-hybridized carbons (Fsp3) is 0.286. The molecule has 2 rings (SSSR count). The molecule has 0 amide bonds. The summed E-state index contributed by atoms with van der Waals surface area (Å²) in [4.78, 5) is 8.25. The lowest BCUT2D eigenvalue weighted by Crippen LogP contribution is -2.24. The van der Waals surface area contributed by atoms with Gasteiger partial charge in [0, 0.05) is 37.7 Å². The van der Waals surface area contributed by atoms with Crippen LogP contribution in [0.5, 0.6) is 0 Å². The summed E-state index contributed by atoms with van der Waals surface area (Å²) in [5.74, 6) is 0.540. The molecule has 6 nitrogen and oxygen atoms in total. The van der Waals surface area contributed by atoms with E-state index in [1.165, 1.54) is 18.3 Å². The minimum Gasteiger partial charge on any atom is -0.370 e. The number of hydrogen-bond donors (Lipinski definition) is 2. The van der Waals surface area contributed by atoms with Crippen LogP contribution in [0, 0.1) is 6.92 Å². The van der Waals surface area contributed by atoms with Crippen molar-refractivity contribution >= 4 is 15.8 Å². The Bertz CT molecular complexity index is 716. The molecule has 2 aromatic heterocycles. The van der Waals surface area contributed by atoms with Crippen LogP contribution in [0.2, 0.25) is 0 Å². The Morgan fingerprint density at radius 1 is 1.24 bits per heavy atom. The molecule has 0 atom stereocenters. The van der Waals surface area contributed by atoms with E-state index in [0.29, 0.717) is 12.4 Å². The summed E-state index contributed by atoms with van der Waals surface area (Å²) < 4.78 is 27.2. The summed E-state index contributed by atoms with van der Waals surface area (Å²) in [7, 11) is -3.57. The number of anilines is 1. The third-order valence-corrected chi connectivity index (χ3v) is 4.40. The Balaban J connectivity index is 2.15. The van der Waals surface area contributed by atoms with Crippen molar-refractivity contribution in [2.75, 3.05) is 11.9 Å². The highest BCUT2D eigenvalue weighted by Gasteiger charge is 2.15. The maximum Gasteiger partial charge on any atom is 0.241 e. The maximum atomic E-state index is 12.3. The molecule has 7 heteroatoms. The number of nitrogens with one attached hydrogen (secondary N) is 2. The fourth-order valence-electron chi connectivity index (χ4n) is 1.79. The van der Waals surface area contributed by atoms with E-state index in [9.17, 15) is 8.42 Å². The summed E-state index contributed by atoms with van der Waals surface area (Å²) in [6.07, 6.45) is 4.81. The Morgan fingerprint density at radius 3 is 2.76 bits per heavy atom.